The van der Waals surface area contributed by atoms with Gasteiger partial charge < -0.3 is 4.74 Å². The van der Waals surface area contributed by atoms with E-state index in [1.54, 1.807) is 24.3 Å². The number of amides is 1. The Morgan fingerprint density at radius 1 is 0.879 bits per heavy atom. The average molecular weight is 619 g/mol. The van der Waals surface area contributed by atoms with Gasteiger partial charge in [-0.2, -0.15) is 0 Å². The topological polar surface area (TPSA) is 131 Å². The predicted molar refractivity (Wildman–Crippen MR) is 130 cm³/mol. The molecular weight excluding hydrogens is 602 g/mol. The van der Waals surface area contributed by atoms with Gasteiger partial charge in [0.25, 0.3) is 26.0 Å². The normalized spacial score (nSPS) is 11.6. The highest BCUT2D eigenvalue weighted by molar-refractivity contribution is 9.11. The van der Waals surface area contributed by atoms with E-state index in [-0.39, 0.29) is 21.0 Å². The summed E-state index contributed by atoms with van der Waals surface area (Å²) in [4.78, 5) is 14.2. The maximum Gasteiger partial charge on any atom is 0.266 e. The number of benzene rings is 3. The summed E-state index contributed by atoms with van der Waals surface area (Å²) in [6.07, 6.45) is 0. The lowest BCUT2D eigenvalue weighted by molar-refractivity contribution is 0.0945. The molecule has 0 spiro atoms. The van der Waals surface area contributed by atoms with Crippen LogP contribution < -0.4 is 19.7 Å². The minimum atomic E-state index is -4.11. The lowest BCUT2D eigenvalue weighted by atomic mass is 10.2. The van der Waals surface area contributed by atoms with Crippen molar-refractivity contribution in [3.63, 3.8) is 0 Å². The predicted octanol–water partition coefficient (Wildman–Crippen LogP) is 3.64. The van der Waals surface area contributed by atoms with Crippen molar-refractivity contribution >= 4 is 63.5 Å². The SMILES string of the molecule is COc1ccccc1NS(=O)(=O)c1cccc(C(=O)NNS(=O)(=O)c2cc(Br)ccc2Br)c1. The second kappa shape index (κ2) is 10.2. The summed E-state index contributed by atoms with van der Waals surface area (Å²) in [5.74, 6) is -0.526. The number of nitrogens with one attached hydrogen (secondary N) is 3. The van der Waals surface area contributed by atoms with E-state index in [4.69, 9.17) is 4.74 Å². The van der Waals surface area contributed by atoms with E-state index < -0.39 is 26.0 Å². The van der Waals surface area contributed by atoms with Gasteiger partial charge in [0.1, 0.15) is 5.75 Å². The number of para-hydroxylation sites is 2. The molecule has 3 N–H and O–H groups in total. The third kappa shape index (κ3) is 6.12. The number of sulfonamides is 2. The molecule has 0 heterocycles. The number of rotatable bonds is 8. The minimum Gasteiger partial charge on any atom is -0.495 e. The quantitative estimate of drug-likeness (QED) is 0.330. The maximum atomic E-state index is 12.8. The Labute approximate surface area is 207 Å². The zero-order valence-electron chi connectivity index (χ0n) is 16.9. The molecule has 0 saturated carbocycles. The summed E-state index contributed by atoms with van der Waals surface area (Å²) in [7, 11) is -6.76. The second-order valence-corrected chi connectivity index (χ2v) is 11.6. The Kier molecular flexibility index (Phi) is 7.80. The molecule has 0 atom stereocenters. The maximum absolute atomic E-state index is 12.8. The highest BCUT2D eigenvalue weighted by Gasteiger charge is 2.21. The molecule has 0 radical (unpaired) electrons. The zero-order valence-corrected chi connectivity index (χ0v) is 21.7. The van der Waals surface area contributed by atoms with Crippen LogP contribution in [-0.4, -0.2) is 29.9 Å². The molecule has 33 heavy (non-hydrogen) atoms. The number of hydrazine groups is 1. The van der Waals surface area contributed by atoms with Gasteiger partial charge in [-0.05, 0) is 64.5 Å². The van der Waals surface area contributed by atoms with Gasteiger partial charge in [-0.3, -0.25) is 14.9 Å². The minimum absolute atomic E-state index is 0.0751. The molecule has 9 nitrogen and oxygen atoms in total. The standard InChI is InChI=1S/C20H17Br2N3O6S2/c1-31-18-8-3-2-7-17(18)24-32(27,28)15-6-4-5-13(11-15)20(26)23-25-33(29,30)19-12-14(21)9-10-16(19)22/h2-12,24-25H,1H3,(H,23,26). The van der Waals surface area contributed by atoms with Crippen LogP contribution in [0.4, 0.5) is 5.69 Å². The fourth-order valence-corrected chi connectivity index (χ4v) is 6.12. The summed E-state index contributed by atoms with van der Waals surface area (Å²) in [6.45, 7) is 0. The molecule has 13 heteroatoms. The number of ether oxygens (including phenoxy) is 1. The first-order valence-electron chi connectivity index (χ1n) is 9.06. The fraction of sp³-hybridized carbons (Fsp3) is 0.0500. The van der Waals surface area contributed by atoms with Crippen LogP contribution in [0.25, 0.3) is 0 Å². The number of halogens is 2. The number of anilines is 1. The molecule has 3 aromatic carbocycles. The molecule has 0 aliphatic carbocycles. The molecular formula is C20H17Br2N3O6S2. The van der Waals surface area contributed by atoms with Crippen molar-refractivity contribution in [3.8, 4) is 5.75 Å². The Bertz CT molecular complexity index is 1410. The average Bonchev–Trinajstić information content (AvgIpc) is 2.79. The lowest BCUT2D eigenvalue weighted by Gasteiger charge is -2.13. The van der Waals surface area contributed by atoms with Crippen LogP contribution in [0.5, 0.6) is 5.75 Å². The third-order valence-corrected chi connectivity index (χ3v) is 8.34. The Balaban J connectivity index is 1.79. The summed E-state index contributed by atoms with van der Waals surface area (Å²) < 4.78 is 59.0. The number of carbonyl (C=O) groups is 1. The fourth-order valence-electron chi connectivity index (χ4n) is 2.66. The van der Waals surface area contributed by atoms with E-state index in [2.05, 4.69) is 42.0 Å². The number of methoxy groups -OCH3 is 1. The van der Waals surface area contributed by atoms with Gasteiger partial charge in [0.05, 0.1) is 22.6 Å². The first kappa shape index (κ1) is 25.2. The molecule has 0 fully saturated rings. The van der Waals surface area contributed by atoms with Gasteiger partial charge in [-0.15, -0.1) is 4.83 Å². The van der Waals surface area contributed by atoms with Crippen LogP contribution in [0.1, 0.15) is 10.4 Å². The molecule has 174 valence electrons. The van der Waals surface area contributed by atoms with Crippen molar-refractivity contribution in [2.45, 2.75) is 9.79 Å². The van der Waals surface area contributed by atoms with Crippen molar-refractivity contribution in [3.05, 3.63) is 81.2 Å². The van der Waals surface area contributed by atoms with Gasteiger partial charge in [0.15, 0.2) is 0 Å². The molecule has 0 aromatic heterocycles. The lowest BCUT2D eigenvalue weighted by Crippen LogP contribution is -2.41. The zero-order chi connectivity index (χ0) is 24.2. The van der Waals surface area contributed by atoms with Crippen molar-refractivity contribution in [1.82, 2.24) is 10.3 Å². The molecule has 0 unspecified atom stereocenters. The van der Waals surface area contributed by atoms with Crippen molar-refractivity contribution in [2.24, 2.45) is 0 Å². The largest absolute Gasteiger partial charge is 0.495 e. The molecule has 1 amide bonds. The van der Waals surface area contributed by atoms with E-state index in [9.17, 15) is 21.6 Å². The van der Waals surface area contributed by atoms with Crippen molar-refractivity contribution in [2.75, 3.05) is 11.8 Å². The highest BCUT2D eigenvalue weighted by Crippen LogP contribution is 2.27. The monoisotopic (exact) mass is 617 g/mol. The first-order chi connectivity index (χ1) is 15.5. The molecule has 3 aromatic rings. The van der Waals surface area contributed by atoms with E-state index in [0.717, 1.165) is 6.07 Å². The summed E-state index contributed by atoms with van der Waals surface area (Å²) in [5.41, 5.74) is 2.23. The Morgan fingerprint density at radius 3 is 2.33 bits per heavy atom. The van der Waals surface area contributed by atoms with Crippen LogP contribution in [0.2, 0.25) is 0 Å². The van der Waals surface area contributed by atoms with Gasteiger partial charge in [0.2, 0.25) is 0 Å². The Hall–Kier alpha value is -2.45. The molecule has 0 aliphatic heterocycles. The van der Waals surface area contributed by atoms with Gasteiger partial charge in [0, 0.05) is 14.5 Å². The van der Waals surface area contributed by atoms with E-state index in [0.29, 0.717) is 14.7 Å². The van der Waals surface area contributed by atoms with Crippen molar-refractivity contribution < 1.29 is 26.4 Å². The number of hydrogen-bond donors (Lipinski definition) is 3. The van der Waals surface area contributed by atoms with E-state index >= 15 is 0 Å². The molecule has 0 aliphatic rings. The third-order valence-electron chi connectivity index (χ3n) is 4.24. The number of hydrogen-bond acceptors (Lipinski definition) is 6. The van der Waals surface area contributed by atoms with Crippen LogP contribution >= 0.6 is 31.9 Å². The number of carbonyl (C=O) groups excluding carboxylic acids is 1. The Morgan fingerprint density at radius 2 is 1.61 bits per heavy atom. The van der Waals surface area contributed by atoms with Crippen LogP contribution in [0.15, 0.2) is 85.5 Å². The van der Waals surface area contributed by atoms with Crippen LogP contribution in [-0.2, 0) is 20.0 Å². The van der Waals surface area contributed by atoms with Crippen molar-refractivity contribution in [1.29, 1.82) is 0 Å². The first-order valence-corrected chi connectivity index (χ1v) is 13.6. The smallest absolute Gasteiger partial charge is 0.266 e. The van der Waals surface area contributed by atoms with Gasteiger partial charge >= 0.3 is 0 Å². The summed E-state index contributed by atoms with van der Waals surface area (Å²) in [5, 5.41) is 0. The van der Waals surface area contributed by atoms with E-state index in [1.807, 2.05) is 4.83 Å². The molecule has 0 saturated heterocycles. The highest BCUT2D eigenvalue weighted by atomic mass is 79.9. The van der Waals surface area contributed by atoms with Gasteiger partial charge in [-0.1, -0.05) is 34.1 Å². The van der Waals surface area contributed by atoms with Crippen LogP contribution in [0, 0.1) is 0 Å². The molecule has 0 bridgehead atoms. The second-order valence-electron chi connectivity index (χ2n) is 6.47. The van der Waals surface area contributed by atoms with E-state index in [1.165, 1.54) is 43.5 Å². The summed E-state index contributed by atoms with van der Waals surface area (Å²) in [6, 6.07) is 16.1. The molecule has 3 rings (SSSR count). The summed E-state index contributed by atoms with van der Waals surface area (Å²) >= 11 is 6.35. The van der Waals surface area contributed by atoms with Gasteiger partial charge in [-0.25, -0.2) is 16.8 Å². The van der Waals surface area contributed by atoms with Crippen LogP contribution in [0.3, 0.4) is 0 Å².